The maximum absolute atomic E-state index is 13.1. The van der Waals surface area contributed by atoms with Crippen LogP contribution in [0.4, 0.5) is 4.39 Å². The average Bonchev–Trinajstić information content (AvgIpc) is 2.00. The van der Waals surface area contributed by atoms with Crippen molar-refractivity contribution in [3.8, 4) is 0 Å². The van der Waals surface area contributed by atoms with E-state index in [1.807, 2.05) is 0 Å². The van der Waals surface area contributed by atoms with Gasteiger partial charge in [-0.15, -0.1) is 0 Å². The third-order valence-electron chi connectivity index (χ3n) is 1.68. The normalized spacial score (nSPS) is 16.5. The van der Waals surface area contributed by atoms with Crippen LogP contribution in [0.2, 0.25) is 0 Å². The first-order valence-electron chi connectivity index (χ1n) is 4.29. The molecule has 0 aliphatic heterocycles. The fourth-order valence-corrected chi connectivity index (χ4v) is 0.790. The van der Waals surface area contributed by atoms with Crippen LogP contribution in [-0.4, -0.2) is 30.0 Å². The number of ether oxygens (including phenoxy) is 1. The molecule has 0 saturated heterocycles. The highest BCUT2D eigenvalue weighted by atomic mass is 19.1. The highest BCUT2D eigenvalue weighted by Crippen LogP contribution is 2.23. The van der Waals surface area contributed by atoms with Crippen molar-refractivity contribution in [3.05, 3.63) is 0 Å². The molecule has 0 amide bonds. The van der Waals surface area contributed by atoms with Crippen LogP contribution in [0.15, 0.2) is 0 Å². The lowest BCUT2D eigenvalue weighted by atomic mass is 9.86. The fourth-order valence-electron chi connectivity index (χ4n) is 0.790. The van der Waals surface area contributed by atoms with Crippen molar-refractivity contribution < 1.29 is 19.0 Å². The van der Waals surface area contributed by atoms with Gasteiger partial charge in [-0.05, 0) is 12.3 Å². The van der Waals surface area contributed by atoms with Gasteiger partial charge in [0.25, 0.3) is 0 Å². The number of carbonyl (C=O) groups is 1. The minimum Gasteiger partial charge on any atom is -0.464 e. The van der Waals surface area contributed by atoms with Gasteiger partial charge in [0, 0.05) is 0 Å². The first-order chi connectivity index (χ1) is 5.80. The molecule has 0 fully saturated rings. The predicted octanol–water partition coefficient (Wildman–Crippen LogP) is 1.29. The Morgan fingerprint density at radius 3 is 2.31 bits per heavy atom. The summed E-state index contributed by atoms with van der Waals surface area (Å²) in [4.78, 5) is 10.9. The molecule has 78 valence electrons. The molecular formula is C9H17FO3. The Bertz CT molecular complexity index is 174. The summed E-state index contributed by atoms with van der Waals surface area (Å²) >= 11 is 0. The van der Waals surface area contributed by atoms with Gasteiger partial charge in [0.05, 0.1) is 6.61 Å². The van der Waals surface area contributed by atoms with Gasteiger partial charge in [-0.25, -0.2) is 9.18 Å². The van der Waals surface area contributed by atoms with Gasteiger partial charge in [0.15, 0.2) is 0 Å². The van der Waals surface area contributed by atoms with E-state index in [9.17, 15) is 14.3 Å². The summed E-state index contributed by atoms with van der Waals surface area (Å²) < 4.78 is 17.6. The predicted molar refractivity (Wildman–Crippen MR) is 47.0 cm³/mol. The van der Waals surface area contributed by atoms with Crippen LogP contribution >= 0.6 is 0 Å². The second-order valence-corrected chi connectivity index (χ2v) is 3.96. The van der Waals surface area contributed by atoms with Gasteiger partial charge in [0.2, 0.25) is 6.17 Å². The van der Waals surface area contributed by atoms with Gasteiger partial charge >= 0.3 is 5.97 Å². The summed E-state index contributed by atoms with van der Waals surface area (Å²) in [6, 6.07) is 0. The number of hydrogen-bond acceptors (Lipinski definition) is 3. The molecule has 0 aliphatic rings. The number of rotatable bonds is 3. The van der Waals surface area contributed by atoms with E-state index in [0.29, 0.717) is 0 Å². The molecule has 0 aromatic rings. The second kappa shape index (κ2) is 4.56. The Morgan fingerprint density at radius 1 is 1.54 bits per heavy atom. The highest BCUT2D eigenvalue weighted by molar-refractivity contribution is 5.75. The van der Waals surface area contributed by atoms with E-state index in [-0.39, 0.29) is 6.61 Å². The third kappa shape index (κ3) is 3.72. The van der Waals surface area contributed by atoms with Crippen molar-refractivity contribution in [2.75, 3.05) is 6.61 Å². The molecule has 0 rings (SSSR count). The Morgan fingerprint density at radius 2 is 2.00 bits per heavy atom. The number of alkyl halides is 1. The summed E-state index contributed by atoms with van der Waals surface area (Å²) in [6.45, 7) is 6.68. The van der Waals surface area contributed by atoms with E-state index in [1.54, 1.807) is 27.7 Å². The quantitative estimate of drug-likeness (QED) is 0.685. The lowest BCUT2D eigenvalue weighted by Gasteiger charge is -2.27. The fraction of sp³-hybridized carbons (Fsp3) is 0.889. The minimum absolute atomic E-state index is 0.121. The molecule has 0 aromatic carbocycles. The van der Waals surface area contributed by atoms with Crippen LogP contribution in [0.1, 0.15) is 27.7 Å². The number of carbonyl (C=O) groups excluding carboxylic acids is 1. The van der Waals surface area contributed by atoms with Crippen LogP contribution < -0.4 is 0 Å². The smallest absolute Gasteiger partial charge is 0.343 e. The van der Waals surface area contributed by atoms with E-state index in [0.717, 1.165) is 0 Å². The molecule has 0 bridgehead atoms. The van der Waals surface area contributed by atoms with Crippen LogP contribution in [-0.2, 0) is 9.53 Å². The number of hydrogen-bond donors (Lipinski definition) is 1. The average molecular weight is 192 g/mol. The molecule has 0 spiro atoms. The zero-order valence-corrected chi connectivity index (χ0v) is 8.50. The summed E-state index contributed by atoms with van der Waals surface area (Å²) in [5.74, 6) is -0.995. The van der Waals surface area contributed by atoms with Gasteiger partial charge in [-0.2, -0.15) is 0 Å². The SMILES string of the molecule is CCOC(=O)[C@@H](F)[C@H](O)C(C)(C)C. The van der Waals surface area contributed by atoms with E-state index < -0.39 is 23.7 Å². The van der Waals surface area contributed by atoms with Gasteiger partial charge in [-0.1, -0.05) is 20.8 Å². The molecule has 0 radical (unpaired) electrons. The molecule has 0 aromatic heterocycles. The second-order valence-electron chi connectivity index (χ2n) is 3.96. The van der Waals surface area contributed by atoms with E-state index in [2.05, 4.69) is 4.74 Å². The van der Waals surface area contributed by atoms with Crippen molar-refractivity contribution in [3.63, 3.8) is 0 Å². The van der Waals surface area contributed by atoms with Crippen LogP contribution in [0.5, 0.6) is 0 Å². The Balaban J connectivity index is 4.25. The van der Waals surface area contributed by atoms with E-state index in [1.165, 1.54) is 0 Å². The first kappa shape index (κ1) is 12.4. The van der Waals surface area contributed by atoms with Crippen LogP contribution in [0.3, 0.4) is 0 Å². The Hall–Kier alpha value is -0.640. The van der Waals surface area contributed by atoms with Crippen molar-refractivity contribution in [1.29, 1.82) is 0 Å². The maximum Gasteiger partial charge on any atom is 0.343 e. The zero-order valence-electron chi connectivity index (χ0n) is 8.50. The summed E-state index contributed by atoms with van der Waals surface area (Å²) in [5.41, 5.74) is -0.661. The molecule has 1 N–H and O–H groups in total. The van der Waals surface area contributed by atoms with E-state index >= 15 is 0 Å². The van der Waals surface area contributed by atoms with Gasteiger partial charge in [-0.3, -0.25) is 0 Å². The number of aliphatic hydroxyl groups is 1. The van der Waals surface area contributed by atoms with Crippen molar-refractivity contribution >= 4 is 5.97 Å². The molecule has 4 heteroatoms. The summed E-state index contributed by atoms with van der Waals surface area (Å²) in [7, 11) is 0. The number of aliphatic hydroxyl groups excluding tert-OH is 1. The lowest BCUT2D eigenvalue weighted by Crippen LogP contribution is -2.40. The maximum atomic E-state index is 13.1. The van der Waals surface area contributed by atoms with Crippen molar-refractivity contribution in [1.82, 2.24) is 0 Å². The number of esters is 1. The summed E-state index contributed by atoms with van der Waals surface area (Å²) in [5, 5.41) is 9.38. The van der Waals surface area contributed by atoms with Gasteiger partial charge < -0.3 is 9.84 Å². The molecular weight excluding hydrogens is 175 g/mol. The zero-order chi connectivity index (χ0) is 10.6. The molecule has 13 heavy (non-hydrogen) atoms. The molecule has 0 aliphatic carbocycles. The number of halogens is 1. The Kier molecular flexibility index (Phi) is 4.33. The van der Waals surface area contributed by atoms with Crippen molar-refractivity contribution in [2.24, 2.45) is 5.41 Å². The molecule has 3 nitrogen and oxygen atoms in total. The highest BCUT2D eigenvalue weighted by Gasteiger charge is 2.36. The largest absolute Gasteiger partial charge is 0.464 e. The third-order valence-corrected chi connectivity index (χ3v) is 1.68. The topological polar surface area (TPSA) is 46.5 Å². The van der Waals surface area contributed by atoms with Crippen LogP contribution in [0.25, 0.3) is 0 Å². The van der Waals surface area contributed by atoms with Crippen molar-refractivity contribution in [2.45, 2.75) is 40.0 Å². The minimum atomic E-state index is -1.96. The standard InChI is InChI=1S/C9H17FO3/c1-5-13-8(12)6(10)7(11)9(2,3)4/h6-7,11H,5H2,1-4H3/t6-,7-/m0/s1. The Labute approximate surface area is 77.9 Å². The van der Waals surface area contributed by atoms with Crippen LogP contribution in [0, 0.1) is 5.41 Å². The molecule has 0 saturated carbocycles. The van der Waals surface area contributed by atoms with Gasteiger partial charge in [0.1, 0.15) is 6.10 Å². The first-order valence-corrected chi connectivity index (χ1v) is 4.29. The monoisotopic (exact) mass is 192 g/mol. The molecule has 0 heterocycles. The molecule has 0 unspecified atom stereocenters. The lowest BCUT2D eigenvalue weighted by molar-refractivity contribution is -0.156. The summed E-state index contributed by atoms with van der Waals surface area (Å²) in [6.07, 6.45) is -3.29. The van der Waals surface area contributed by atoms with E-state index in [4.69, 9.17) is 0 Å². The molecule has 2 atom stereocenters.